The molecule has 0 saturated heterocycles. The van der Waals surface area contributed by atoms with Crippen molar-refractivity contribution in [3.63, 3.8) is 0 Å². The van der Waals surface area contributed by atoms with E-state index in [4.69, 9.17) is 0 Å². The Hall–Kier alpha value is -0.990. The Morgan fingerprint density at radius 2 is 1.26 bits per heavy atom. The molecular formula is C20H27F3. The molecule has 1 aromatic carbocycles. The number of hydrogen-bond acceptors (Lipinski definition) is 0. The monoisotopic (exact) mass is 324 g/mol. The number of benzene rings is 1. The first kappa shape index (κ1) is 16.9. The molecular weight excluding hydrogens is 297 g/mol. The van der Waals surface area contributed by atoms with E-state index in [0.29, 0.717) is 5.56 Å². The Kier molecular flexibility index (Phi) is 5.33. The van der Waals surface area contributed by atoms with Gasteiger partial charge in [0.15, 0.2) is 17.5 Å². The topological polar surface area (TPSA) is 0 Å². The molecule has 0 aromatic heterocycles. The summed E-state index contributed by atoms with van der Waals surface area (Å²) >= 11 is 0. The lowest BCUT2D eigenvalue weighted by Gasteiger charge is -2.33. The van der Waals surface area contributed by atoms with Crippen LogP contribution in [0.5, 0.6) is 0 Å². The second-order valence-electron chi connectivity index (χ2n) is 7.88. The molecule has 0 nitrogen and oxygen atoms in total. The summed E-state index contributed by atoms with van der Waals surface area (Å²) in [6.45, 7) is 2.35. The summed E-state index contributed by atoms with van der Waals surface area (Å²) in [5.74, 6) is -0.744. The summed E-state index contributed by atoms with van der Waals surface area (Å²) in [5, 5.41) is 0. The van der Waals surface area contributed by atoms with Crippen molar-refractivity contribution in [2.45, 2.75) is 70.6 Å². The summed E-state index contributed by atoms with van der Waals surface area (Å²) in [7, 11) is 0. The smallest absolute Gasteiger partial charge is 0.194 e. The van der Waals surface area contributed by atoms with Crippen molar-refractivity contribution >= 4 is 0 Å². The largest absolute Gasteiger partial charge is 0.204 e. The van der Waals surface area contributed by atoms with Crippen molar-refractivity contribution in [1.82, 2.24) is 0 Å². The molecule has 0 N–H and O–H groups in total. The highest BCUT2D eigenvalue weighted by atomic mass is 19.2. The number of hydrogen-bond donors (Lipinski definition) is 0. The first-order chi connectivity index (χ1) is 11.0. The van der Waals surface area contributed by atoms with Gasteiger partial charge in [0, 0.05) is 0 Å². The summed E-state index contributed by atoms with van der Waals surface area (Å²) in [6.07, 6.45) is 11.0. The fraction of sp³-hybridized carbons (Fsp3) is 0.700. The van der Waals surface area contributed by atoms with Gasteiger partial charge in [-0.2, -0.15) is 0 Å². The van der Waals surface area contributed by atoms with Gasteiger partial charge in [-0.25, -0.2) is 13.2 Å². The summed E-state index contributed by atoms with van der Waals surface area (Å²) in [6, 6.07) is 2.37. The van der Waals surface area contributed by atoms with Gasteiger partial charge >= 0.3 is 0 Å². The normalized spacial score (nSPS) is 32.0. The highest BCUT2D eigenvalue weighted by Crippen LogP contribution is 2.41. The Labute approximate surface area is 137 Å². The minimum Gasteiger partial charge on any atom is -0.204 e. The lowest BCUT2D eigenvalue weighted by molar-refractivity contribution is 0.211. The van der Waals surface area contributed by atoms with Crippen LogP contribution in [0.4, 0.5) is 13.2 Å². The maximum atomic E-state index is 13.4. The molecule has 2 aliphatic carbocycles. The Bertz CT molecular complexity index is 501. The molecule has 128 valence electrons. The van der Waals surface area contributed by atoms with Crippen molar-refractivity contribution in [1.29, 1.82) is 0 Å². The van der Waals surface area contributed by atoms with Crippen LogP contribution in [0.15, 0.2) is 12.1 Å². The van der Waals surface area contributed by atoms with Crippen molar-refractivity contribution in [2.24, 2.45) is 17.8 Å². The van der Waals surface area contributed by atoms with Crippen molar-refractivity contribution in [3.05, 3.63) is 35.1 Å². The average molecular weight is 324 g/mol. The van der Waals surface area contributed by atoms with Crippen LogP contribution < -0.4 is 0 Å². The van der Waals surface area contributed by atoms with Crippen LogP contribution in [0.2, 0.25) is 0 Å². The van der Waals surface area contributed by atoms with Crippen molar-refractivity contribution in [2.75, 3.05) is 0 Å². The molecule has 1 aromatic rings. The first-order valence-corrected chi connectivity index (χ1v) is 9.17. The minimum absolute atomic E-state index is 0.183. The van der Waals surface area contributed by atoms with Gasteiger partial charge < -0.3 is 0 Å². The fourth-order valence-electron chi connectivity index (χ4n) is 4.58. The van der Waals surface area contributed by atoms with E-state index in [-0.39, 0.29) is 5.92 Å². The highest BCUT2D eigenvalue weighted by molar-refractivity contribution is 5.23. The standard InChI is InChI=1S/C20H27F3/c1-13-2-4-14(5-3-13)10-15-6-8-16(9-7-15)17-11-18(21)20(23)19(22)12-17/h11-16H,2-10H2,1H3. The second-order valence-corrected chi connectivity index (χ2v) is 7.88. The van der Waals surface area contributed by atoms with E-state index in [2.05, 4.69) is 6.92 Å². The molecule has 23 heavy (non-hydrogen) atoms. The third-order valence-corrected chi connectivity index (χ3v) is 6.13. The van der Waals surface area contributed by atoms with Gasteiger partial charge in [0.2, 0.25) is 0 Å². The van der Waals surface area contributed by atoms with E-state index in [1.807, 2.05) is 0 Å². The maximum Gasteiger partial charge on any atom is 0.194 e. The quantitative estimate of drug-likeness (QED) is 0.550. The van der Waals surface area contributed by atoms with Gasteiger partial charge in [-0.15, -0.1) is 0 Å². The molecule has 0 amide bonds. The molecule has 3 rings (SSSR count). The van der Waals surface area contributed by atoms with Gasteiger partial charge in [-0.3, -0.25) is 0 Å². The van der Waals surface area contributed by atoms with E-state index in [1.54, 1.807) is 0 Å². The Morgan fingerprint density at radius 1 is 0.783 bits per heavy atom. The van der Waals surface area contributed by atoms with Crippen LogP contribution in [0.25, 0.3) is 0 Å². The van der Waals surface area contributed by atoms with Gasteiger partial charge in [0.1, 0.15) is 0 Å². The van der Waals surface area contributed by atoms with Gasteiger partial charge in [-0.1, -0.05) is 32.6 Å². The molecule has 3 heteroatoms. The predicted molar refractivity (Wildman–Crippen MR) is 86.8 cm³/mol. The van der Waals surface area contributed by atoms with Crippen molar-refractivity contribution in [3.8, 4) is 0 Å². The molecule has 0 aliphatic heterocycles. The molecule has 2 aliphatic rings. The lowest BCUT2D eigenvalue weighted by atomic mass is 9.72. The third kappa shape index (κ3) is 4.10. The molecule has 2 saturated carbocycles. The molecule has 2 fully saturated rings. The zero-order valence-electron chi connectivity index (χ0n) is 14.0. The van der Waals surface area contributed by atoms with E-state index >= 15 is 0 Å². The lowest BCUT2D eigenvalue weighted by Crippen LogP contribution is -2.20. The molecule has 0 bridgehead atoms. The van der Waals surface area contributed by atoms with E-state index < -0.39 is 17.5 Å². The SMILES string of the molecule is CC1CCC(CC2CCC(c3cc(F)c(F)c(F)c3)CC2)CC1. The summed E-state index contributed by atoms with van der Waals surface area (Å²) in [4.78, 5) is 0. The van der Waals surface area contributed by atoms with E-state index in [1.165, 1.54) is 44.2 Å². The van der Waals surface area contributed by atoms with Crippen LogP contribution in [0, 0.1) is 35.2 Å². The van der Waals surface area contributed by atoms with E-state index in [9.17, 15) is 13.2 Å². The van der Waals surface area contributed by atoms with E-state index in [0.717, 1.165) is 43.4 Å². The molecule has 0 heterocycles. The Balaban J connectivity index is 1.52. The molecule has 0 radical (unpaired) electrons. The molecule has 0 atom stereocenters. The zero-order chi connectivity index (χ0) is 16.4. The highest BCUT2D eigenvalue weighted by Gasteiger charge is 2.27. The van der Waals surface area contributed by atoms with Crippen LogP contribution in [-0.4, -0.2) is 0 Å². The van der Waals surface area contributed by atoms with Crippen molar-refractivity contribution < 1.29 is 13.2 Å². The fourth-order valence-corrected chi connectivity index (χ4v) is 4.58. The summed E-state index contributed by atoms with van der Waals surface area (Å²) < 4.78 is 39.9. The predicted octanol–water partition coefficient (Wildman–Crippen LogP) is 6.59. The molecule has 0 unspecified atom stereocenters. The third-order valence-electron chi connectivity index (χ3n) is 6.13. The number of rotatable bonds is 3. The second kappa shape index (κ2) is 7.27. The maximum absolute atomic E-state index is 13.4. The minimum atomic E-state index is -1.35. The average Bonchev–Trinajstić information content (AvgIpc) is 2.55. The van der Waals surface area contributed by atoms with Crippen LogP contribution in [0.3, 0.4) is 0 Å². The van der Waals surface area contributed by atoms with Gasteiger partial charge in [0.05, 0.1) is 0 Å². The zero-order valence-corrected chi connectivity index (χ0v) is 14.0. The molecule has 0 spiro atoms. The van der Waals surface area contributed by atoms with Crippen LogP contribution >= 0.6 is 0 Å². The Morgan fingerprint density at radius 3 is 1.78 bits per heavy atom. The van der Waals surface area contributed by atoms with Crippen LogP contribution in [0.1, 0.15) is 76.2 Å². The van der Waals surface area contributed by atoms with Gasteiger partial charge in [-0.05, 0) is 73.5 Å². The summed E-state index contributed by atoms with van der Waals surface area (Å²) in [5.41, 5.74) is 0.631. The van der Waals surface area contributed by atoms with Crippen LogP contribution in [-0.2, 0) is 0 Å². The first-order valence-electron chi connectivity index (χ1n) is 9.17. The van der Waals surface area contributed by atoms with Gasteiger partial charge in [0.25, 0.3) is 0 Å². The number of halogens is 3.